The van der Waals surface area contributed by atoms with Crippen molar-refractivity contribution < 1.29 is 9.47 Å². The average molecular weight is 801 g/mol. The van der Waals surface area contributed by atoms with E-state index in [9.17, 15) is 0 Å². The van der Waals surface area contributed by atoms with Crippen molar-refractivity contribution in [3.63, 3.8) is 0 Å². The summed E-state index contributed by atoms with van der Waals surface area (Å²) >= 11 is 0. The number of nitrogens with one attached hydrogen (secondary N) is 1. The quantitative estimate of drug-likeness (QED) is 0.170. The van der Waals surface area contributed by atoms with Crippen LogP contribution in [0.25, 0.3) is 44.2 Å². The van der Waals surface area contributed by atoms with Gasteiger partial charge in [-0.1, -0.05) is 154 Å². The molecule has 1 N–H and O–H groups in total. The van der Waals surface area contributed by atoms with Crippen LogP contribution in [0.4, 0.5) is 28.4 Å². The van der Waals surface area contributed by atoms with E-state index in [1.807, 2.05) is 24.3 Å². The van der Waals surface area contributed by atoms with Gasteiger partial charge in [0, 0.05) is 39.8 Å². The van der Waals surface area contributed by atoms with E-state index in [4.69, 9.17) is 9.47 Å². The van der Waals surface area contributed by atoms with E-state index in [1.54, 1.807) is 0 Å². The van der Waals surface area contributed by atoms with Crippen molar-refractivity contribution in [2.24, 2.45) is 0 Å². The highest BCUT2D eigenvalue weighted by atomic mass is 16.6. The Balaban J connectivity index is 1.16. The molecule has 9 aromatic rings. The summed E-state index contributed by atoms with van der Waals surface area (Å²) in [4.78, 5) is 2.46. The maximum Gasteiger partial charge on any atom is 0.198 e. The molecule has 298 valence electrons. The average Bonchev–Trinajstić information content (AvgIpc) is 3.30. The van der Waals surface area contributed by atoms with E-state index in [-0.39, 0.29) is 5.41 Å². The Morgan fingerprint density at radius 3 is 1.82 bits per heavy atom. The van der Waals surface area contributed by atoms with Gasteiger partial charge in [-0.3, -0.25) is 0 Å². The summed E-state index contributed by atoms with van der Waals surface area (Å²) in [6, 6.07) is 67.4. The monoisotopic (exact) mass is 800 g/mol. The molecule has 2 heterocycles. The number of hydrogen-bond acceptors (Lipinski definition) is 4. The number of ether oxygens (including phenoxy) is 2. The van der Waals surface area contributed by atoms with Crippen molar-refractivity contribution in [1.82, 2.24) is 0 Å². The minimum absolute atomic E-state index is 0.0578. The van der Waals surface area contributed by atoms with Gasteiger partial charge in [0.05, 0.1) is 5.69 Å². The first-order valence-electron chi connectivity index (χ1n) is 21.4. The third kappa shape index (κ3) is 6.67. The van der Waals surface area contributed by atoms with E-state index in [1.165, 1.54) is 44.1 Å². The second-order valence-corrected chi connectivity index (χ2v) is 17.5. The van der Waals surface area contributed by atoms with Crippen LogP contribution in [0.3, 0.4) is 0 Å². The Labute approximate surface area is 364 Å². The summed E-state index contributed by atoms with van der Waals surface area (Å²) in [5.74, 6) is 2.85. The predicted octanol–water partition coefficient (Wildman–Crippen LogP) is 14.3. The van der Waals surface area contributed by atoms with Crippen LogP contribution >= 0.6 is 0 Å². The molecule has 0 amide bonds. The molecule has 0 fully saturated rings. The van der Waals surface area contributed by atoms with Crippen molar-refractivity contribution in [3.05, 3.63) is 199 Å². The smallest absolute Gasteiger partial charge is 0.198 e. The van der Waals surface area contributed by atoms with E-state index < -0.39 is 0 Å². The second kappa shape index (κ2) is 14.9. The van der Waals surface area contributed by atoms with Gasteiger partial charge in [-0.05, 0) is 117 Å². The molecule has 0 radical (unpaired) electrons. The maximum absolute atomic E-state index is 6.59. The fourth-order valence-corrected chi connectivity index (χ4v) is 9.16. The predicted molar refractivity (Wildman–Crippen MR) is 261 cm³/mol. The Kier molecular flexibility index (Phi) is 9.01. The number of fused-ring (bicyclic) bond motifs is 5. The molecule has 62 heavy (non-hydrogen) atoms. The summed E-state index contributed by atoms with van der Waals surface area (Å²) in [6.07, 6.45) is 0. The molecule has 0 aliphatic carbocycles. The molecule has 4 nitrogen and oxygen atoms in total. The number of para-hydroxylation sites is 2. The highest BCUT2D eigenvalue weighted by molar-refractivity contribution is 6.73. The first kappa shape index (κ1) is 37.5. The summed E-state index contributed by atoms with van der Waals surface area (Å²) in [6.45, 7) is 9.00. The number of rotatable bonds is 6. The van der Waals surface area contributed by atoms with Crippen molar-refractivity contribution in [1.29, 1.82) is 0 Å². The fourth-order valence-electron chi connectivity index (χ4n) is 9.16. The van der Waals surface area contributed by atoms with E-state index in [0.717, 1.165) is 62.1 Å². The molecule has 2 aliphatic rings. The van der Waals surface area contributed by atoms with Crippen LogP contribution in [0, 0.1) is 6.92 Å². The Bertz CT molecular complexity index is 3170. The van der Waals surface area contributed by atoms with Gasteiger partial charge in [0.1, 0.15) is 0 Å². The van der Waals surface area contributed by atoms with E-state index in [2.05, 4.69) is 202 Å². The first-order valence-corrected chi connectivity index (χ1v) is 21.4. The highest BCUT2D eigenvalue weighted by Crippen LogP contribution is 2.50. The molecule has 0 saturated carbocycles. The van der Waals surface area contributed by atoms with Gasteiger partial charge in [-0.2, -0.15) is 0 Å². The third-order valence-corrected chi connectivity index (χ3v) is 12.4. The minimum Gasteiger partial charge on any atom is -0.450 e. The molecule has 0 unspecified atom stereocenters. The van der Waals surface area contributed by atoms with Crippen molar-refractivity contribution in [3.8, 4) is 56.4 Å². The number of anilines is 5. The first-order chi connectivity index (χ1) is 30.2. The molecule has 0 saturated heterocycles. The zero-order chi connectivity index (χ0) is 42.0. The summed E-state index contributed by atoms with van der Waals surface area (Å²) in [5, 5.41) is 6.30. The van der Waals surface area contributed by atoms with Crippen LogP contribution < -0.4 is 30.6 Å². The normalized spacial score (nSPS) is 12.5. The second-order valence-electron chi connectivity index (χ2n) is 17.5. The maximum atomic E-state index is 6.59. The van der Waals surface area contributed by atoms with E-state index in [0.29, 0.717) is 18.8 Å². The molecule has 11 rings (SSSR count). The minimum atomic E-state index is 0.0578. The van der Waals surface area contributed by atoms with Crippen molar-refractivity contribution in [2.45, 2.75) is 33.1 Å². The molecule has 0 atom stereocenters. The van der Waals surface area contributed by atoms with Crippen molar-refractivity contribution in [2.75, 3.05) is 10.2 Å². The number of aryl methyl sites for hydroxylation is 1. The molecule has 9 aromatic carbocycles. The van der Waals surface area contributed by atoms with Crippen LogP contribution in [0.15, 0.2) is 188 Å². The molecule has 0 aromatic heterocycles. The molecule has 0 bridgehead atoms. The lowest BCUT2D eigenvalue weighted by molar-refractivity contribution is 0.360. The van der Waals surface area contributed by atoms with Gasteiger partial charge < -0.3 is 19.7 Å². The Morgan fingerprint density at radius 2 is 1.13 bits per heavy atom. The molecular weight excluding hydrogens is 755 g/mol. The van der Waals surface area contributed by atoms with Crippen LogP contribution in [-0.2, 0) is 5.41 Å². The van der Waals surface area contributed by atoms with Crippen LogP contribution in [-0.4, -0.2) is 7.28 Å². The number of benzene rings is 9. The third-order valence-electron chi connectivity index (χ3n) is 12.4. The SMILES string of the molecule is Cc1cc(-c2ccccc2)ccc1N1c2cc3c(cc2Bc2c(-c4ccc5ccccc5c4Nc4ccc(C(C)(C)C)cc4)cc(-c4ccccc4)cc21)Oc1ccccc1O3. The zero-order valence-electron chi connectivity index (χ0n) is 35.4. The van der Waals surface area contributed by atoms with Gasteiger partial charge in [-0.15, -0.1) is 0 Å². The standard InChI is InChI=1S/C57H45BN2O2/c1-36-31-40(37-15-7-5-8-16-37)24-30-48(36)60-49-35-54-53(61-51-21-13-14-22-52(51)62-54)34-47(49)58-55-46(32-41(33-50(55)60)38-17-9-6-10-18-38)45-29-23-39-19-11-12-20-44(39)56(45)59-43-27-25-42(26-28-43)57(2,3)4/h5-35,58-59H,1-4H3. The molecule has 5 heteroatoms. The van der Waals surface area contributed by atoms with Crippen LogP contribution in [0.2, 0.25) is 0 Å². The highest BCUT2D eigenvalue weighted by Gasteiger charge is 2.33. The lowest BCUT2D eigenvalue weighted by Gasteiger charge is -2.37. The van der Waals surface area contributed by atoms with Crippen LogP contribution in [0.1, 0.15) is 31.9 Å². The number of hydrogen-bond donors (Lipinski definition) is 1. The van der Waals surface area contributed by atoms with Crippen LogP contribution in [0.5, 0.6) is 23.0 Å². The number of nitrogens with zero attached hydrogens (tertiary/aromatic N) is 1. The summed E-state index contributed by atoms with van der Waals surface area (Å²) in [7, 11) is 0.692. The van der Waals surface area contributed by atoms with Crippen molar-refractivity contribution >= 4 is 57.4 Å². The molecular formula is C57H45BN2O2. The fraction of sp³-hybridized carbons (Fsp3) is 0.0877. The summed E-state index contributed by atoms with van der Waals surface area (Å²) in [5.41, 5.74) is 17.4. The van der Waals surface area contributed by atoms with Gasteiger partial charge in [0.25, 0.3) is 0 Å². The zero-order valence-corrected chi connectivity index (χ0v) is 35.4. The van der Waals surface area contributed by atoms with E-state index >= 15 is 0 Å². The largest absolute Gasteiger partial charge is 0.450 e. The lowest BCUT2D eigenvalue weighted by atomic mass is 9.57. The van der Waals surface area contributed by atoms with Gasteiger partial charge in [0.15, 0.2) is 30.3 Å². The van der Waals surface area contributed by atoms with Gasteiger partial charge in [-0.25, -0.2) is 0 Å². The Hall–Kier alpha value is -7.50. The van der Waals surface area contributed by atoms with Gasteiger partial charge >= 0.3 is 0 Å². The molecule has 2 aliphatic heterocycles. The molecule has 0 spiro atoms. The lowest BCUT2D eigenvalue weighted by Crippen LogP contribution is -2.41. The van der Waals surface area contributed by atoms with Gasteiger partial charge in [0.2, 0.25) is 0 Å². The Morgan fingerprint density at radius 1 is 0.484 bits per heavy atom. The topological polar surface area (TPSA) is 33.7 Å². The summed E-state index contributed by atoms with van der Waals surface area (Å²) < 4.78 is 13.2.